The smallest absolute Gasteiger partial charge is 0.265 e. The predicted octanol–water partition coefficient (Wildman–Crippen LogP) is 3.01. The van der Waals surface area contributed by atoms with Crippen molar-refractivity contribution in [2.75, 3.05) is 5.32 Å². The highest BCUT2D eigenvalue weighted by molar-refractivity contribution is 7.12. The predicted molar refractivity (Wildman–Crippen MR) is 65.1 cm³/mol. The van der Waals surface area contributed by atoms with Gasteiger partial charge in [0, 0.05) is 5.69 Å². The highest BCUT2D eigenvalue weighted by Gasteiger charge is 2.10. The van der Waals surface area contributed by atoms with E-state index in [9.17, 15) is 4.79 Å². The minimum atomic E-state index is -0.113. The Hall–Kier alpha value is -1.81. The molecule has 0 saturated carbocycles. The molecule has 4 heteroatoms. The summed E-state index contributed by atoms with van der Waals surface area (Å²) in [6.45, 7) is 1.90. The number of anilines is 1. The standard InChI is InChI=1S/C12H11NO2S/c1-8-6-7-16-11(8)12(15)13-9-2-4-10(14)5-3-9/h2-7,14H,1H3,(H,13,15). The Labute approximate surface area is 97.4 Å². The number of thiophene rings is 1. The van der Waals surface area contributed by atoms with Gasteiger partial charge in [-0.15, -0.1) is 11.3 Å². The van der Waals surface area contributed by atoms with Gasteiger partial charge in [0.25, 0.3) is 5.91 Å². The van der Waals surface area contributed by atoms with Gasteiger partial charge >= 0.3 is 0 Å². The number of phenolic OH excluding ortho intramolecular Hbond substituents is 1. The molecule has 0 atom stereocenters. The second kappa shape index (κ2) is 4.37. The Balaban J connectivity index is 2.14. The van der Waals surface area contributed by atoms with Gasteiger partial charge in [0.2, 0.25) is 0 Å². The molecule has 2 N–H and O–H groups in total. The molecule has 1 heterocycles. The normalized spacial score (nSPS) is 10.1. The zero-order valence-corrected chi connectivity index (χ0v) is 9.54. The van der Waals surface area contributed by atoms with Crippen molar-refractivity contribution in [1.82, 2.24) is 0 Å². The van der Waals surface area contributed by atoms with Gasteiger partial charge in [-0.3, -0.25) is 4.79 Å². The number of benzene rings is 1. The third kappa shape index (κ3) is 2.23. The molecule has 0 aliphatic rings. The van der Waals surface area contributed by atoms with Gasteiger partial charge in [-0.05, 0) is 48.2 Å². The van der Waals surface area contributed by atoms with Gasteiger partial charge in [-0.2, -0.15) is 0 Å². The van der Waals surface area contributed by atoms with Gasteiger partial charge < -0.3 is 10.4 Å². The Morgan fingerprint density at radius 3 is 2.50 bits per heavy atom. The second-order valence-electron chi connectivity index (χ2n) is 3.43. The maximum atomic E-state index is 11.8. The summed E-state index contributed by atoms with van der Waals surface area (Å²) < 4.78 is 0. The fourth-order valence-corrected chi connectivity index (χ4v) is 2.16. The highest BCUT2D eigenvalue weighted by Crippen LogP contribution is 2.19. The summed E-state index contributed by atoms with van der Waals surface area (Å²) in [5, 5.41) is 13.8. The summed E-state index contributed by atoms with van der Waals surface area (Å²) in [6.07, 6.45) is 0. The van der Waals surface area contributed by atoms with Crippen LogP contribution in [-0.2, 0) is 0 Å². The Kier molecular flexibility index (Phi) is 2.92. The Bertz CT molecular complexity index is 502. The SMILES string of the molecule is Cc1ccsc1C(=O)Nc1ccc(O)cc1. The minimum Gasteiger partial charge on any atom is -0.508 e. The van der Waals surface area contributed by atoms with Crippen LogP contribution in [0.4, 0.5) is 5.69 Å². The first-order chi connectivity index (χ1) is 7.66. The molecule has 3 nitrogen and oxygen atoms in total. The van der Waals surface area contributed by atoms with Gasteiger partial charge in [0.05, 0.1) is 4.88 Å². The largest absolute Gasteiger partial charge is 0.508 e. The van der Waals surface area contributed by atoms with Crippen LogP contribution in [0.2, 0.25) is 0 Å². The van der Waals surface area contributed by atoms with E-state index < -0.39 is 0 Å². The number of amides is 1. The Morgan fingerprint density at radius 1 is 1.25 bits per heavy atom. The molecule has 0 bridgehead atoms. The molecular formula is C12H11NO2S. The molecule has 0 radical (unpaired) electrons. The quantitative estimate of drug-likeness (QED) is 0.783. The van der Waals surface area contributed by atoms with Crippen LogP contribution < -0.4 is 5.32 Å². The van der Waals surface area contributed by atoms with Crippen LogP contribution in [0.5, 0.6) is 5.75 Å². The van der Waals surface area contributed by atoms with Crippen molar-refractivity contribution in [2.24, 2.45) is 0 Å². The maximum absolute atomic E-state index is 11.8. The van der Waals surface area contributed by atoms with E-state index in [0.717, 1.165) is 5.56 Å². The fourth-order valence-electron chi connectivity index (χ4n) is 1.34. The van der Waals surface area contributed by atoms with Gasteiger partial charge in [-0.25, -0.2) is 0 Å². The van der Waals surface area contributed by atoms with Crippen LogP contribution in [0.1, 0.15) is 15.2 Å². The number of phenols is 1. The number of rotatable bonds is 2. The summed E-state index contributed by atoms with van der Waals surface area (Å²) in [5.74, 6) is 0.0727. The number of hydrogen-bond donors (Lipinski definition) is 2. The monoisotopic (exact) mass is 233 g/mol. The van der Waals surface area contributed by atoms with Crippen LogP contribution in [0, 0.1) is 6.92 Å². The van der Waals surface area contributed by atoms with Crippen LogP contribution in [0.15, 0.2) is 35.7 Å². The van der Waals surface area contributed by atoms with Crippen LogP contribution in [-0.4, -0.2) is 11.0 Å². The van der Waals surface area contributed by atoms with Crippen molar-refractivity contribution in [1.29, 1.82) is 0 Å². The van der Waals surface area contributed by atoms with Crippen molar-refractivity contribution >= 4 is 22.9 Å². The first-order valence-electron chi connectivity index (χ1n) is 4.81. The molecule has 1 amide bonds. The molecule has 0 saturated heterocycles. The summed E-state index contributed by atoms with van der Waals surface area (Å²) in [7, 11) is 0. The summed E-state index contributed by atoms with van der Waals surface area (Å²) in [6, 6.07) is 8.32. The van der Waals surface area contributed by atoms with E-state index in [1.165, 1.54) is 23.5 Å². The van der Waals surface area contributed by atoms with Crippen molar-refractivity contribution in [3.8, 4) is 5.75 Å². The molecule has 0 spiro atoms. The second-order valence-corrected chi connectivity index (χ2v) is 4.35. The third-order valence-electron chi connectivity index (χ3n) is 2.19. The van der Waals surface area contributed by atoms with Crippen molar-refractivity contribution in [2.45, 2.75) is 6.92 Å². The van der Waals surface area contributed by atoms with E-state index in [2.05, 4.69) is 5.32 Å². The zero-order valence-electron chi connectivity index (χ0n) is 8.73. The molecule has 0 aliphatic carbocycles. The topological polar surface area (TPSA) is 49.3 Å². The summed E-state index contributed by atoms with van der Waals surface area (Å²) in [5.41, 5.74) is 1.65. The number of nitrogens with one attached hydrogen (secondary N) is 1. The number of aryl methyl sites for hydroxylation is 1. The average Bonchev–Trinajstić information content (AvgIpc) is 2.68. The molecule has 0 aliphatic heterocycles. The molecule has 0 unspecified atom stereocenters. The number of carbonyl (C=O) groups is 1. The summed E-state index contributed by atoms with van der Waals surface area (Å²) >= 11 is 1.42. The molecule has 1 aromatic carbocycles. The summed E-state index contributed by atoms with van der Waals surface area (Å²) in [4.78, 5) is 12.5. The molecule has 0 fully saturated rings. The van der Waals surface area contributed by atoms with Crippen LogP contribution >= 0.6 is 11.3 Å². The lowest BCUT2D eigenvalue weighted by atomic mass is 10.2. The zero-order chi connectivity index (χ0) is 11.5. The Morgan fingerprint density at radius 2 is 1.94 bits per heavy atom. The fraction of sp³-hybridized carbons (Fsp3) is 0.0833. The van der Waals surface area contributed by atoms with E-state index >= 15 is 0 Å². The van der Waals surface area contributed by atoms with E-state index in [-0.39, 0.29) is 11.7 Å². The molecule has 82 valence electrons. The van der Waals surface area contributed by atoms with Gasteiger partial charge in [0.15, 0.2) is 0 Å². The molecule has 1 aromatic heterocycles. The van der Waals surface area contributed by atoms with Crippen molar-refractivity contribution in [3.05, 3.63) is 46.2 Å². The third-order valence-corrected chi connectivity index (χ3v) is 3.21. The van der Waals surface area contributed by atoms with Gasteiger partial charge in [0.1, 0.15) is 5.75 Å². The molecule has 2 aromatic rings. The first kappa shape index (κ1) is 10.7. The minimum absolute atomic E-state index is 0.113. The first-order valence-corrected chi connectivity index (χ1v) is 5.69. The van der Waals surface area contributed by atoms with E-state index in [1.807, 2.05) is 18.4 Å². The maximum Gasteiger partial charge on any atom is 0.265 e. The lowest BCUT2D eigenvalue weighted by molar-refractivity contribution is 0.103. The average molecular weight is 233 g/mol. The van der Waals surface area contributed by atoms with Gasteiger partial charge in [-0.1, -0.05) is 0 Å². The number of carbonyl (C=O) groups excluding carboxylic acids is 1. The van der Waals surface area contributed by atoms with E-state index in [0.29, 0.717) is 10.6 Å². The lowest BCUT2D eigenvalue weighted by Gasteiger charge is -2.04. The number of hydrogen-bond acceptors (Lipinski definition) is 3. The molecule has 2 rings (SSSR count). The van der Waals surface area contributed by atoms with E-state index in [1.54, 1.807) is 12.1 Å². The molecule has 16 heavy (non-hydrogen) atoms. The van der Waals surface area contributed by atoms with Crippen molar-refractivity contribution < 1.29 is 9.90 Å². The molecular weight excluding hydrogens is 222 g/mol. The van der Waals surface area contributed by atoms with Crippen molar-refractivity contribution in [3.63, 3.8) is 0 Å². The number of aromatic hydroxyl groups is 1. The lowest BCUT2D eigenvalue weighted by Crippen LogP contribution is -2.10. The van der Waals surface area contributed by atoms with E-state index in [4.69, 9.17) is 5.11 Å². The van der Waals surface area contributed by atoms with Crippen LogP contribution in [0.25, 0.3) is 0 Å². The van der Waals surface area contributed by atoms with Crippen LogP contribution in [0.3, 0.4) is 0 Å². The highest BCUT2D eigenvalue weighted by atomic mass is 32.1.